The Balaban J connectivity index is 3.03. The Morgan fingerprint density at radius 2 is 2.36 bits per heavy atom. The van der Waals surface area contributed by atoms with Crippen LogP contribution in [0.4, 0.5) is 5.69 Å². The van der Waals surface area contributed by atoms with Gasteiger partial charge >= 0.3 is 0 Å². The number of hydrogen-bond acceptors (Lipinski definition) is 5. The number of hydrogen-bond donors (Lipinski definition) is 1. The maximum absolute atomic E-state index is 10.6. The highest BCUT2D eigenvalue weighted by molar-refractivity contribution is 7.97. The molecule has 0 heterocycles. The molecule has 0 aromatic heterocycles. The van der Waals surface area contributed by atoms with Crippen molar-refractivity contribution in [2.45, 2.75) is 4.90 Å². The first-order chi connectivity index (χ1) is 6.65. The predicted octanol–water partition coefficient (Wildman–Crippen LogP) is 2.33. The average Bonchev–Trinajstić information content (AvgIpc) is 2.15. The molecule has 0 saturated heterocycles. The van der Waals surface area contributed by atoms with Gasteiger partial charge in [-0.3, -0.25) is 14.8 Å². The second-order valence-corrected chi connectivity index (χ2v) is 3.47. The minimum Gasteiger partial charge on any atom is -0.262 e. The first-order valence-electron chi connectivity index (χ1n) is 3.40. The van der Waals surface area contributed by atoms with Crippen molar-refractivity contribution in [2.75, 3.05) is 0 Å². The number of rotatable bonds is 3. The molecule has 0 atom stereocenters. The van der Waals surface area contributed by atoms with Gasteiger partial charge in [-0.05, 0) is 12.1 Å². The van der Waals surface area contributed by atoms with E-state index in [1.165, 1.54) is 18.2 Å². The van der Waals surface area contributed by atoms with E-state index in [1.807, 2.05) is 0 Å². The van der Waals surface area contributed by atoms with Gasteiger partial charge in [-0.1, -0.05) is 11.6 Å². The highest BCUT2D eigenvalue weighted by Crippen LogP contribution is 2.29. The summed E-state index contributed by atoms with van der Waals surface area (Å²) >= 11 is 6.47. The monoisotopic (exact) mass is 229 g/mol. The molecule has 14 heavy (non-hydrogen) atoms. The van der Waals surface area contributed by atoms with Crippen molar-refractivity contribution in [2.24, 2.45) is 0 Å². The van der Waals surface area contributed by atoms with Crippen LogP contribution in [0.2, 0.25) is 5.02 Å². The molecule has 0 unspecified atom stereocenters. The molecule has 5 nitrogen and oxygen atoms in total. The predicted molar refractivity (Wildman–Crippen MR) is 52.7 cm³/mol. The zero-order valence-electron chi connectivity index (χ0n) is 6.73. The highest BCUT2D eigenvalue weighted by Gasteiger charge is 2.14. The Morgan fingerprint density at radius 1 is 1.64 bits per heavy atom. The summed E-state index contributed by atoms with van der Waals surface area (Å²) in [5.41, 5.74) is -0.120. The van der Waals surface area contributed by atoms with Gasteiger partial charge in [-0.2, -0.15) is 5.26 Å². The van der Waals surface area contributed by atoms with E-state index in [1.54, 1.807) is 6.19 Å². The van der Waals surface area contributed by atoms with Crippen LogP contribution >= 0.6 is 23.5 Å². The summed E-state index contributed by atoms with van der Waals surface area (Å²) in [5.74, 6) is 0. The lowest BCUT2D eigenvalue weighted by atomic mass is 10.3. The number of nitrogens with one attached hydrogen (secondary N) is 1. The van der Waals surface area contributed by atoms with Crippen molar-refractivity contribution < 1.29 is 4.92 Å². The molecule has 1 N–H and O–H groups in total. The van der Waals surface area contributed by atoms with Gasteiger partial charge in [0.2, 0.25) is 0 Å². The quantitative estimate of drug-likeness (QED) is 0.283. The molecule has 0 bridgehead atoms. The Hall–Kier alpha value is -1.45. The largest absolute Gasteiger partial charge is 0.286 e. The van der Waals surface area contributed by atoms with Crippen LogP contribution in [0.3, 0.4) is 0 Å². The van der Waals surface area contributed by atoms with Gasteiger partial charge in [0.15, 0.2) is 6.19 Å². The van der Waals surface area contributed by atoms with Crippen LogP contribution in [0.1, 0.15) is 0 Å². The SMILES string of the molecule is N#CNSc1ccc(Cl)cc1[N+](=O)[O-]. The lowest BCUT2D eigenvalue weighted by Crippen LogP contribution is -1.95. The number of benzene rings is 1. The molecule has 1 aromatic carbocycles. The third kappa shape index (κ3) is 2.52. The van der Waals surface area contributed by atoms with Gasteiger partial charge in [-0.25, -0.2) is 0 Å². The van der Waals surface area contributed by atoms with E-state index in [-0.39, 0.29) is 10.7 Å². The number of halogens is 1. The zero-order valence-corrected chi connectivity index (χ0v) is 8.30. The van der Waals surface area contributed by atoms with Gasteiger partial charge in [0.05, 0.1) is 4.92 Å². The fourth-order valence-electron chi connectivity index (χ4n) is 0.797. The Morgan fingerprint density at radius 3 is 2.93 bits per heavy atom. The molecule has 7 heteroatoms. The van der Waals surface area contributed by atoms with Crippen LogP contribution in [-0.4, -0.2) is 4.92 Å². The van der Waals surface area contributed by atoms with E-state index in [4.69, 9.17) is 16.9 Å². The Bertz CT molecular complexity index is 404. The van der Waals surface area contributed by atoms with Gasteiger partial charge in [-0.15, -0.1) is 0 Å². The topological polar surface area (TPSA) is 79.0 Å². The van der Waals surface area contributed by atoms with Gasteiger partial charge in [0.1, 0.15) is 4.90 Å². The van der Waals surface area contributed by atoms with Crippen molar-refractivity contribution in [1.29, 1.82) is 5.26 Å². The molecule has 0 radical (unpaired) electrons. The molecule has 0 spiro atoms. The summed E-state index contributed by atoms with van der Waals surface area (Å²) in [6.07, 6.45) is 1.65. The molecule has 1 rings (SSSR count). The average molecular weight is 230 g/mol. The minimum atomic E-state index is -0.548. The molecule has 0 fully saturated rings. The molecular weight excluding hydrogens is 226 g/mol. The van der Waals surface area contributed by atoms with E-state index in [0.717, 1.165) is 11.9 Å². The molecular formula is C7H4ClN3O2S. The van der Waals surface area contributed by atoms with Crippen molar-refractivity contribution in [1.82, 2.24) is 4.72 Å². The molecule has 1 aromatic rings. The van der Waals surface area contributed by atoms with Crippen molar-refractivity contribution >= 4 is 29.2 Å². The fourth-order valence-corrected chi connectivity index (χ4v) is 1.49. The van der Waals surface area contributed by atoms with Gasteiger partial charge in [0, 0.05) is 23.0 Å². The molecule has 0 aliphatic rings. The van der Waals surface area contributed by atoms with Gasteiger partial charge < -0.3 is 0 Å². The Kier molecular flexibility index (Phi) is 3.56. The van der Waals surface area contributed by atoms with Crippen LogP contribution in [0.5, 0.6) is 0 Å². The van der Waals surface area contributed by atoms with Crippen LogP contribution in [0.15, 0.2) is 23.1 Å². The number of nitrogens with zero attached hydrogens (tertiary/aromatic N) is 2. The van der Waals surface area contributed by atoms with E-state index in [0.29, 0.717) is 4.90 Å². The summed E-state index contributed by atoms with van der Waals surface area (Å²) in [6, 6.07) is 4.24. The normalized spacial score (nSPS) is 9.14. The molecule has 72 valence electrons. The lowest BCUT2D eigenvalue weighted by Gasteiger charge is -1.99. The minimum absolute atomic E-state index is 0.120. The smallest absolute Gasteiger partial charge is 0.262 e. The van der Waals surface area contributed by atoms with Crippen molar-refractivity contribution in [3.8, 4) is 6.19 Å². The number of nitro groups is 1. The zero-order chi connectivity index (χ0) is 10.6. The summed E-state index contributed by atoms with van der Waals surface area (Å²) in [5, 5.41) is 19.1. The van der Waals surface area contributed by atoms with Crippen LogP contribution < -0.4 is 4.72 Å². The standard InChI is InChI=1S/C7H4ClN3O2S/c8-5-1-2-7(14-10-4-9)6(3-5)11(12)13/h1-3,10H. The van der Waals surface area contributed by atoms with Crippen molar-refractivity contribution in [3.05, 3.63) is 33.3 Å². The van der Waals surface area contributed by atoms with Crippen LogP contribution in [0.25, 0.3) is 0 Å². The molecule has 0 saturated carbocycles. The van der Waals surface area contributed by atoms with Crippen LogP contribution in [-0.2, 0) is 0 Å². The molecule has 0 aliphatic carbocycles. The second-order valence-electron chi connectivity index (χ2n) is 2.19. The third-order valence-corrected chi connectivity index (χ3v) is 2.32. The maximum Gasteiger partial charge on any atom is 0.286 e. The van der Waals surface area contributed by atoms with E-state index in [2.05, 4.69) is 4.72 Å². The first-order valence-corrected chi connectivity index (χ1v) is 4.59. The third-order valence-electron chi connectivity index (χ3n) is 1.32. The van der Waals surface area contributed by atoms with Crippen molar-refractivity contribution in [3.63, 3.8) is 0 Å². The summed E-state index contributed by atoms with van der Waals surface area (Å²) in [4.78, 5) is 10.4. The van der Waals surface area contributed by atoms with Crippen LogP contribution in [0, 0.1) is 21.6 Å². The molecule has 0 aliphatic heterocycles. The fraction of sp³-hybridized carbons (Fsp3) is 0. The second kappa shape index (κ2) is 4.69. The lowest BCUT2D eigenvalue weighted by molar-refractivity contribution is -0.387. The van der Waals surface area contributed by atoms with E-state index >= 15 is 0 Å². The van der Waals surface area contributed by atoms with E-state index in [9.17, 15) is 10.1 Å². The van der Waals surface area contributed by atoms with Gasteiger partial charge in [0.25, 0.3) is 5.69 Å². The maximum atomic E-state index is 10.6. The summed E-state index contributed by atoms with van der Waals surface area (Å²) < 4.78 is 2.25. The first kappa shape index (κ1) is 10.6. The van der Waals surface area contributed by atoms with E-state index < -0.39 is 4.92 Å². The molecule has 0 amide bonds. The summed E-state index contributed by atoms with van der Waals surface area (Å²) in [6.45, 7) is 0. The number of nitro benzene ring substituents is 1. The Labute approximate surface area is 89.0 Å². The highest BCUT2D eigenvalue weighted by atomic mass is 35.5. The number of nitriles is 1. The summed E-state index contributed by atoms with van der Waals surface area (Å²) in [7, 11) is 0.